The van der Waals surface area contributed by atoms with Gasteiger partial charge in [0.05, 0.1) is 16.7 Å². The van der Waals surface area contributed by atoms with Gasteiger partial charge in [-0.2, -0.15) is 31.6 Å². The molecule has 2 atom stereocenters. The van der Waals surface area contributed by atoms with Crippen LogP contribution in [0.1, 0.15) is 34.6 Å². The van der Waals surface area contributed by atoms with Crippen LogP contribution in [0.3, 0.4) is 0 Å². The van der Waals surface area contributed by atoms with Crippen LogP contribution in [0.15, 0.2) is 60.8 Å². The zero-order chi connectivity index (χ0) is 30.1. The number of rotatable bonds is 4. The van der Waals surface area contributed by atoms with Crippen molar-refractivity contribution in [1.29, 1.82) is 5.26 Å². The number of halogens is 7. The van der Waals surface area contributed by atoms with E-state index < -0.39 is 53.0 Å². The Morgan fingerprint density at radius 3 is 2.10 bits per heavy atom. The number of amides is 2. The van der Waals surface area contributed by atoms with Crippen molar-refractivity contribution in [2.75, 3.05) is 37.0 Å². The highest BCUT2D eigenvalue weighted by Gasteiger charge is 2.39. The summed E-state index contributed by atoms with van der Waals surface area (Å²) >= 11 is 0. The van der Waals surface area contributed by atoms with E-state index in [2.05, 4.69) is 4.98 Å². The van der Waals surface area contributed by atoms with Crippen LogP contribution in [-0.2, 0) is 12.4 Å². The summed E-state index contributed by atoms with van der Waals surface area (Å²) in [5.41, 5.74) is -2.58. The molecule has 13 heteroatoms. The molecule has 1 aliphatic heterocycles. The maximum atomic E-state index is 13.7. The minimum Gasteiger partial charge on any atom is -0.356 e. The number of aromatic nitrogens is 1. The third kappa shape index (κ3) is 6.53. The van der Waals surface area contributed by atoms with Gasteiger partial charge in [-0.15, -0.1) is 0 Å². The molecule has 6 nitrogen and oxygen atoms in total. The first kappa shape index (κ1) is 29.6. The summed E-state index contributed by atoms with van der Waals surface area (Å²) in [7, 11) is 2.53. The molecule has 3 aromatic rings. The highest BCUT2D eigenvalue weighted by atomic mass is 19.4. The van der Waals surface area contributed by atoms with E-state index in [-0.39, 0.29) is 6.07 Å². The van der Waals surface area contributed by atoms with Gasteiger partial charge in [0.25, 0.3) is 0 Å². The number of pyridine rings is 1. The van der Waals surface area contributed by atoms with Gasteiger partial charge >= 0.3 is 18.4 Å². The summed E-state index contributed by atoms with van der Waals surface area (Å²) in [5, 5.41) is 9.05. The number of likely N-dealkylation sites (N-methyl/N-ethyl adjacent to an activating group) is 1. The molecule has 0 spiro atoms. The number of carbonyl (C=O) groups is 1. The Morgan fingerprint density at radius 2 is 1.59 bits per heavy atom. The molecule has 216 valence electrons. The Kier molecular flexibility index (Phi) is 8.15. The van der Waals surface area contributed by atoms with Crippen molar-refractivity contribution < 1.29 is 35.5 Å². The van der Waals surface area contributed by atoms with Gasteiger partial charge in [0.15, 0.2) is 0 Å². The molecular weight excluding hydrogens is 555 g/mol. The summed E-state index contributed by atoms with van der Waals surface area (Å²) in [5.74, 6) is -0.318. The Morgan fingerprint density at radius 1 is 0.976 bits per heavy atom. The second-order valence-corrected chi connectivity index (χ2v) is 9.69. The lowest BCUT2D eigenvalue weighted by Gasteiger charge is -2.44. The molecule has 2 aromatic carbocycles. The van der Waals surface area contributed by atoms with Crippen LogP contribution in [0, 0.1) is 17.1 Å². The van der Waals surface area contributed by atoms with Crippen LogP contribution in [0.2, 0.25) is 0 Å². The van der Waals surface area contributed by atoms with E-state index in [9.17, 15) is 35.5 Å². The third-order valence-electron chi connectivity index (χ3n) is 7.12. The van der Waals surface area contributed by atoms with Crippen molar-refractivity contribution in [1.82, 2.24) is 9.88 Å². The Labute approximate surface area is 231 Å². The van der Waals surface area contributed by atoms with Crippen LogP contribution in [-0.4, -0.2) is 49.1 Å². The molecule has 0 bridgehead atoms. The first-order valence-corrected chi connectivity index (χ1v) is 12.4. The second-order valence-electron chi connectivity index (χ2n) is 9.69. The monoisotopic (exact) mass is 579 g/mol. The summed E-state index contributed by atoms with van der Waals surface area (Å²) < 4.78 is 94.1. The molecule has 0 saturated carbocycles. The number of nitriles is 1. The Balaban J connectivity index is 1.65. The summed E-state index contributed by atoms with van der Waals surface area (Å²) in [6, 6.07) is 10.6. The minimum absolute atomic E-state index is 0.00298. The molecule has 1 aromatic heterocycles. The smallest absolute Gasteiger partial charge is 0.356 e. The molecule has 1 aliphatic rings. The fourth-order valence-corrected chi connectivity index (χ4v) is 4.91. The lowest BCUT2D eigenvalue weighted by atomic mass is 9.85. The molecule has 0 N–H and O–H groups in total. The highest BCUT2D eigenvalue weighted by molar-refractivity contribution is 5.92. The maximum Gasteiger partial charge on any atom is 0.416 e. The summed E-state index contributed by atoms with van der Waals surface area (Å²) in [4.78, 5) is 21.8. The van der Waals surface area contributed by atoms with E-state index in [0.29, 0.717) is 48.6 Å². The van der Waals surface area contributed by atoms with E-state index in [1.54, 1.807) is 24.3 Å². The van der Waals surface area contributed by atoms with Crippen molar-refractivity contribution in [3.8, 4) is 6.07 Å². The van der Waals surface area contributed by atoms with E-state index >= 15 is 0 Å². The fourth-order valence-electron chi connectivity index (χ4n) is 4.91. The SMILES string of the molecule is CN(C(=O)N(C)[C@@H]1CCN(c2ccc(C#N)cn2)C[C@H]1c1ccc(F)cc1)c1cc(C(F)(F)F)cc(C(F)(F)F)c1. The number of nitrogens with zero attached hydrogens (tertiary/aromatic N) is 5. The van der Waals surface area contributed by atoms with Crippen LogP contribution in [0.5, 0.6) is 0 Å². The molecular formula is C28H24F7N5O. The largest absolute Gasteiger partial charge is 0.416 e. The van der Waals surface area contributed by atoms with Gasteiger partial charge in [0, 0.05) is 51.0 Å². The number of alkyl halides is 6. The molecule has 0 unspecified atom stereocenters. The number of hydrogen-bond donors (Lipinski definition) is 0. The van der Waals surface area contributed by atoms with Gasteiger partial charge in [-0.3, -0.25) is 4.90 Å². The highest BCUT2D eigenvalue weighted by Crippen LogP contribution is 2.39. The standard InChI is InChI=1S/C28H24F7N5O/c1-38(22-12-19(27(30,31)32)11-20(13-22)28(33,34)35)26(41)39(2)24-9-10-40(25-8-3-17(14-36)15-37-25)16-23(24)18-4-6-21(29)7-5-18/h3-8,11-13,15,23-24H,9-10,16H2,1-2H3/t23-,24+/m0/s1. The van der Waals surface area contributed by atoms with Crippen molar-refractivity contribution >= 4 is 17.5 Å². The molecule has 0 radical (unpaired) electrons. The van der Waals surface area contributed by atoms with Crippen molar-refractivity contribution in [2.24, 2.45) is 0 Å². The maximum absolute atomic E-state index is 13.7. The summed E-state index contributed by atoms with van der Waals surface area (Å²) in [6.07, 6.45) is -8.35. The van der Waals surface area contributed by atoms with Gasteiger partial charge in [0.2, 0.25) is 0 Å². The zero-order valence-electron chi connectivity index (χ0n) is 21.8. The van der Waals surface area contributed by atoms with Gasteiger partial charge in [-0.25, -0.2) is 14.2 Å². The lowest BCUT2D eigenvalue weighted by molar-refractivity contribution is -0.143. The molecule has 0 aliphatic carbocycles. The Bertz CT molecular complexity index is 1400. The molecule has 1 fully saturated rings. The molecule has 4 rings (SSSR count). The number of piperidine rings is 1. The third-order valence-corrected chi connectivity index (χ3v) is 7.12. The molecule has 2 heterocycles. The van der Waals surface area contributed by atoms with Crippen molar-refractivity contribution in [3.63, 3.8) is 0 Å². The number of carbonyl (C=O) groups excluding carboxylic acids is 1. The quantitative estimate of drug-likeness (QED) is 0.324. The van der Waals surface area contributed by atoms with Crippen LogP contribution >= 0.6 is 0 Å². The minimum atomic E-state index is -5.06. The second kappa shape index (κ2) is 11.3. The van der Waals surface area contributed by atoms with E-state index in [4.69, 9.17) is 5.26 Å². The van der Waals surface area contributed by atoms with Gasteiger partial charge in [0.1, 0.15) is 17.7 Å². The predicted octanol–water partition coefficient (Wildman–Crippen LogP) is 6.68. The molecule has 1 saturated heterocycles. The molecule has 41 heavy (non-hydrogen) atoms. The lowest BCUT2D eigenvalue weighted by Crippen LogP contribution is -2.53. The van der Waals surface area contributed by atoms with E-state index in [0.717, 1.165) is 11.9 Å². The predicted molar refractivity (Wildman–Crippen MR) is 137 cm³/mol. The molecule has 2 amide bonds. The van der Waals surface area contributed by atoms with Crippen LogP contribution in [0.25, 0.3) is 0 Å². The fraction of sp³-hybridized carbons (Fsp3) is 0.321. The number of anilines is 2. The first-order valence-electron chi connectivity index (χ1n) is 12.4. The van der Waals surface area contributed by atoms with Crippen LogP contribution < -0.4 is 9.80 Å². The van der Waals surface area contributed by atoms with E-state index in [1.807, 2.05) is 11.0 Å². The summed E-state index contributed by atoms with van der Waals surface area (Å²) in [6.45, 7) is 0.725. The van der Waals surface area contributed by atoms with Crippen LogP contribution in [0.4, 0.5) is 47.0 Å². The normalized spacial score (nSPS) is 17.6. The Hall–Kier alpha value is -4.34. The zero-order valence-corrected chi connectivity index (χ0v) is 21.8. The van der Waals surface area contributed by atoms with Crippen molar-refractivity contribution in [3.05, 3.63) is 88.9 Å². The average Bonchev–Trinajstić information content (AvgIpc) is 2.95. The average molecular weight is 580 g/mol. The topological polar surface area (TPSA) is 63.5 Å². The van der Waals surface area contributed by atoms with Gasteiger partial charge in [-0.05, 0) is 54.4 Å². The number of hydrogen-bond acceptors (Lipinski definition) is 4. The number of benzene rings is 2. The van der Waals surface area contributed by atoms with Gasteiger partial charge < -0.3 is 9.80 Å². The van der Waals surface area contributed by atoms with Crippen molar-refractivity contribution in [2.45, 2.75) is 30.7 Å². The van der Waals surface area contributed by atoms with Gasteiger partial charge in [-0.1, -0.05) is 12.1 Å². The van der Waals surface area contributed by atoms with E-state index in [1.165, 1.54) is 30.3 Å². The number of urea groups is 1. The first-order chi connectivity index (χ1) is 19.2.